The molecule has 1 saturated heterocycles. The first-order valence-corrected chi connectivity index (χ1v) is 10.4. The molecule has 4 rings (SSSR count). The number of hydrogen-bond donors (Lipinski definition) is 1. The zero-order chi connectivity index (χ0) is 21.6. The predicted molar refractivity (Wildman–Crippen MR) is 118 cm³/mol. The molecule has 3 aromatic rings. The highest BCUT2D eigenvalue weighted by atomic mass is 35.5. The number of amides is 1. The van der Waals surface area contributed by atoms with E-state index in [0.29, 0.717) is 42.1 Å². The van der Waals surface area contributed by atoms with Gasteiger partial charge < -0.3 is 24.2 Å². The van der Waals surface area contributed by atoms with Crippen LogP contribution in [0.15, 0.2) is 47.0 Å². The van der Waals surface area contributed by atoms with Crippen LogP contribution in [0, 0.1) is 0 Å². The SMILES string of the molecule is COc1ccc(-c2noc(CCC(=O)Nc3cccc(Cl)c3N3CCOCC3)n2)cc1. The van der Waals surface area contributed by atoms with Gasteiger partial charge in [-0.15, -0.1) is 0 Å². The van der Waals surface area contributed by atoms with E-state index in [1.165, 1.54) is 0 Å². The van der Waals surface area contributed by atoms with Gasteiger partial charge in [0.1, 0.15) is 5.75 Å². The van der Waals surface area contributed by atoms with Crippen LogP contribution in [0.3, 0.4) is 0 Å². The van der Waals surface area contributed by atoms with E-state index >= 15 is 0 Å². The van der Waals surface area contributed by atoms with Crippen LogP contribution in [-0.4, -0.2) is 49.5 Å². The summed E-state index contributed by atoms with van der Waals surface area (Å²) in [5, 5.41) is 7.55. The molecule has 1 fully saturated rings. The van der Waals surface area contributed by atoms with Crippen LogP contribution in [0.4, 0.5) is 11.4 Å². The molecule has 1 aliphatic rings. The molecular formula is C22H23ClN4O4. The number of benzene rings is 2. The van der Waals surface area contributed by atoms with Gasteiger partial charge in [0.15, 0.2) is 0 Å². The third kappa shape index (κ3) is 5.15. The van der Waals surface area contributed by atoms with Crippen LogP contribution in [0.25, 0.3) is 11.4 Å². The third-order valence-electron chi connectivity index (χ3n) is 4.97. The first-order chi connectivity index (χ1) is 15.1. The summed E-state index contributed by atoms with van der Waals surface area (Å²) in [6.07, 6.45) is 0.543. The van der Waals surface area contributed by atoms with Gasteiger partial charge in [-0.25, -0.2) is 0 Å². The van der Waals surface area contributed by atoms with Gasteiger partial charge in [-0.3, -0.25) is 4.79 Å². The van der Waals surface area contributed by atoms with Crippen LogP contribution in [-0.2, 0) is 16.0 Å². The van der Waals surface area contributed by atoms with Gasteiger partial charge in [0.25, 0.3) is 0 Å². The number of methoxy groups -OCH3 is 1. The normalized spacial score (nSPS) is 13.8. The van der Waals surface area contributed by atoms with Crippen molar-refractivity contribution in [3.05, 3.63) is 53.4 Å². The molecule has 0 aliphatic carbocycles. The Morgan fingerprint density at radius 2 is 1.97 bits per heavy atom. The van der Waals surface area contributed by atoms with E-state index < -0.39 is 0 Å². The Kier molecular flexibility index (Phi) is 6.69. The maximum Gasteiger partial charge on any atom is 0.227 e. The maximum absolute atomic E-state index is 12.6. The van der Waals surface area contributed by atoms with Crippen molar-refractivity contribution < 1.29 is 18.8 Å². The van der Waals surface area contributed by atoms with E-state index in [2.05, 4.69) is 20.4 Å². The molecule has 162 valence electrons. The van der Waals surface area contributed by atoms with Crippen molar-refractivity contribution in [1.82, 2.24) is 10.1 Å². The molecule has 1 N–H and O–H groups in total. The lowest BCUT2D eigenvalue weighted by Crippen LogP contribution is -2.37. The lowest BCUT2D eigenvalue weighted by atomic mass is 10.2. The number of hydrogen-bond acceptors (Lipinski definition) is 7. The van der Waals surface area contributed by atoms with E-state index in [1.807, 2.05) is 42.5 Å². The third-order valence-corrected chi connectivity index (χ3v) is 5.28. The van der Waals surface area contributed by atoms with Gasteiger partial charge in [0, 0.05) is 31.5 Å². The van der Waals surface area contributed by atoms with Crippen molar-refractivity contribution in [2.24, 2.45) is 0 Å². The Morgan fingerprint density at radius 3 is 2.71 bits per heavy atom. The molecule has 1 aliphatic heterocycles. The largest absolute Gasteiger partial charge is 0.497 e. The summed E-state index contributed by atoms with van der Waals surface area (Å²) >= 11 is 6.42. The first-order valence-electron chi connectivity index (χ1n) is 10.0. The molecule has 9 heteroatoms. The number of nitrogens with zero attached hydrogens (tertiary/aromatic N) is 3. The molecule has 8 nitrogen and oxygen atoms in total. The number of morpholine rings is 1. The number of aromatic nitrogens is 2. The van der Waals surface area contributed by atoms with Gasteiger partial charge in [0.2, 0.25) is 17.6 Å². The molecule has 1 amide bonds. The fourth-order valence-corrected chi connectivity index (χ4v) is 3.67. The molecule has 2 aromatic carbocycles. The minimum absolute atomic E-state index is 0.152. The smallest absolute Gasteiger partial charge is 0.227 e. The Morgan fingerprint density at radius 1 is 1.19 bits per heavy atom. The van der Waals surface area contributed by atoms with Crippen molar-refractivity contribution in [3.8, 4) is 17.1 Å². The molecule has 0 saturated carbocycles. The summed E-state index contributed by atoms with van der Waals surface area (Å²) in [6.45, 7) is 2.71. The standard InChI is InChI=1S/C22H23ClN4O4/c1-29-16-7-5-15(6-8-16)22-25-20(31-26-22)10-9-19(28)24-18-4-2-3-17(23)21(18)27-11-13-30-14-12-27/h2-8H,9-14H2,1H3,(H,24,28). The van der Waals surface area contributed by atoms with Gasteiger partial charge >= 0.3 is 0 Å². The van der Waals surface area contributed by atoms with Crippen LogP contribution in [0.2, 0.25) is 5.02 Å². The molecule has 1 aromatic heterocycles. The molecule has 0 bridgehead atoms. The molecular weight excluding hydrogens is 420 g/mol. The fraction of sp³-hybridized carbons (Fsp3) is 0.318. The van der Waals surface area contributed by atoms with Crippen molar-refractivity contribution in [1.29, 1.82) is 0 Å². The number of rotatable bonds is 7. The highest BCUT2D eigenvalue weighted by Crippen LogP contribution is 2.34. The van der Waals surface area contributed by atoms with Crippen molar-refractivity contribution in [3.63, 3.8) is 0 Å². The number of carbonyl (C=O) groups is 1. The number of nitrogens with one attached hydrogen (secondary N) is 1. The molecule has 0 unspecified atom stereocenters. The summed E-state index contributed by atoms with van der Waals surface area (Å²) in [4.78, 5) is 19.1. The summed E-state index contributed by atoms with van der Waals surface area (Å²) in [7, 11) is 1.61. The molecule has 31 heavy (non-hydrogen) atoms. The Bertz CT molecular complexity index is 1030. The zero-order valence-corrected chi connectivity index (χ0v) is 17.9. The number of anilines is 2. The van der Waals surface area contributed by atoms with Crippen LogP contribution in [0.1, 0.15) is 12.3 Å². The van der Waals surface area contributed by atoms with Crippen molar-refractivity contribution in [2.75, 3.05) is 43.6 Å². The van der Waals surface area contributed by atoms with Gasteiger partial charge in [-0.05, 0) is 36.4 Å². The number of carbonyl (C=O) groups excluding carboxylic acids is 1. The topological polar surface area (TPSA) is 89.7 Å². The molecule has 0 spiro atoms. The summed E-state index contributed by atoms with van der Waals surface area (Å²) in [6, 6.07) is 12.9. The summed E-state index contributed by atoms with van der Waals surface area (Å²) < 4.78 is 15.9. The number of aryl methyl sites for hydroxylation is 1. The second kappa shape index (κ2) is 9.80. The molecule has 2 heterocycles. The van der Waals surface area contributed by atoms with Crippen molar-refractivity contribution in [2.45, 2.75) is 12.8 Å². The van der Waals surface area contributed by atoms with Crippen LogP contribution >= 0.6 is 11.6 Å². The van der Waals surface area contributed by atoms with E-state index in [0.717, 1.165) is 30.1 Å². The Labute approximate surface area is 185 Å². The van der Waals surface area contributed by atoms with Crippen molar-refractivity contribution >= 4 is 28.9 Å². The summed E-state index contributed by atoms with van der Waals surface area (Å²) in [5.74, 6) is 1.48. The average molecular weight is 443 g/mol. The number of ether oxygens (including phenoxy) is 2. The van der Waals surface area contributed by atoms with Gasteiger partial charge in [0.05, 0.1) is 36.7 Å². The van der Waals surface area contributed by atoms with Crippen LogP contribution < -0.4 is 15.0 Å². The number of para-hydroxylation sites is 1. The lowest BCUT2D eigenvalue weighted by molar-refractivity contribution is -0.116. The second-order valence-corrected chi connectivity index (χ2v) is 7.43. The first kappa shape index (κ1) is 21.1. The zero-order valence-electron chi connectivity index (χ0n) is 17.1. The predicted octanol–water partition coefficient (Wildman–Crippen LogP) is 3.81. The highest BCUT2D eigenvalue weighted by molar-refractivity contribution is 6.34. The minimum Gasteiger partial charge on any atom is -0.497 e. The summed E-state index contributed by atoms with van der Waals surface area (Å²) in [5.41, 5.74) is 2.32. The Hall–Kier alpha value is -3.10. The number of halogens is 1. The maximum atomic E-state index is 12.6. The quantitative estimate of drug-likeness (QED) is 0.595. The fourth-order valence-electron chi connectivity index (χ4n) is 3.37. The van der Waals surface area contributed by atoms with Gasteiger partial charge in [-0.2, -0.15) is 4.98 Å². The lowest BCUT2D eigenvalue weighted by Gasteiger charge is -2.31. The monoisotopic (exact) mass is 442 g/mol. The average Bonchev–Trinajstić information content (AvgIpc) is 3.28. The van der Waals surface area contributed by atoms with Crippen LogP contribution in [0.5, 0.6) is 5.75 Å². The second-order valence-electron chi connectivity index (χ2n) is 7.02. The highest BCUT2D eigenvalue weighted by Gasteiger charge is 2.19. The Balaban J connectivity index is 1.38. The molecule has 0 radical (unpaired) electrons. The van der Waals surface area contributed by atoms with E-state index in [-0.39, 0.29) is 12.3 Å². The van der Waals surface area contributed by atoms with Gasteiger partial charge in [-0.1, -0.05) is 22.8 Å². The minimum atomic E-state index is -0.152. The molecule has 0 atom stereocenters. The van der Waals surface area contributed by atoms with E-state index in [4.69, 9.17) is 25.6 Å². The van der Waals surface area contributed by atoms with E-state index in [9.17, 15) is 4.79 Å². The van der Waals surface area contributed by atoms with E-state index in [1.54, 1.807) is 7.11 Å².